The molecule has 0 fully saturated rings. The van der Waals surface area contributed by atoms with Crippen molar-refractivity contribution in [3.8, 4) is 11.3 Å². The summed E-state index contributed by atoms with van der Waals surface area (Å²) in [6.45, 7) is 7.71. The zero-order chi connectivity index (χ0) is 12.7. The lowest BCUT2D eigenvalue weighted by Gasteiger charge is -2.19. The molecule has 2 heteroatoms. The smallest absolute Gasteiger partial charge is 0.112 e. The second kappa shape index (κ2) is 4.27. The Morgan fingerprint density at radius 1 is 1.28 bits per heavy atom. The van der Waals surface area contributed by atoms with Crippen molar-refractivity contribution in [2.45, 2.75) is 46.1 Å². The predicted molar refractivity (Wildman–Crippen MR) is 74.8 cm³/mol. The van der Waals surface area contributed by atoms with Crippen LogP contribution in [0.4, 0.5) is 0 Å². The van der Waals surface area contributed by atoms with Gasteiger partial charge in [0.2, 0.25) is 0 Å². The molecular formula is C16H20N2. The topological polar surface area (TPSA) is 17.8 Å². The molecule has 1 aromatic heterocycles. The molecule has 1 aromatic carbocycles. The van der Waals surface area contributed by atoms with E-state index in [-0.39, 0.29) is 0 Å². The maximum absolute atomic E-state index is 4.86. The summed E-state index contributed by atoms with van der Waals surface area (Å²) in [6, 6.07) is 6.60. The summed E-state index contributed by atoms with van der Waals surface area (Å²) in [6.07, 6.45) is 4.77. The highest BCUT2D eigenvalue weighted by Gasteiger charge is 2.19. The minimum Gasteiger partial charge on any atom is -0.334 e. The van der Waals surface area contributed by atoms with Crippen molar-refractivity contribution in [3.63, 3.8) is 0 Å². The minimum atomic E-state index is 0.596. The fourth-order valence-corrected chi connectivity index (χ4v) is 2.93. The van der Waals surface area contributed by atoms with Crippen molar-refractivity contribution >= 4 is 0 Å². The Balaban J connectivity index is 2.07. The summed E-state index contributed by atoms with van der Waals surface area (Å²) in [4.78, 5) is 4.86. The van der Waals surface area contributed by atoms with Gasteiger partial charge < -0.3 is 4.57 Å². The van der Waals surface area contributed by atoms with E-state index in [0.29, 0.717) is 5.92 Å². The normalized spacial score (nSPS) is 18.7. The van der Waals surface area contributed by atoms with Crippen LogP contribution in [0.25, 0.3) is 11.3 Å². The van der Waals surface area contributed by atoms with Crippen molar-refractivity contribution in [3.05, 3.63) is 41.3 Å². The first-order chi connectivity index (χ1) is 8.65. The maximum atomic E-state index is 4.86. The second-order valence-corrected chi connectivity index (χ2v) is 5.54. The molecule has 3 rings (SSSR count). The molecule has 1 aliphatic heterocycles. The SMILES string of the molecule is Cc1ccc(-c2cn3c(n2)C(C)CCC3)c(C)c1. The number of hydrogen-bond acceptors (Lipinski definition) is 1. The number of rotatable bonds is 1. The van der Waals surface area contributed by atoms with Crippen molar-refractivity contribution < 1.29 is 0 Å². The van der Waals surface area contributed by atoms with Gasteiger partial charge in [-0.1, -0.05) is 30.7 Å². The molecule has 0 saturated heterocycles. The molecule has 94 valence electrons. The highest BCUT2D eigenvalue weighted by atomic mass is 15.1. The van der Waals surface area contributed by atoms with E-state index >= 15 is 0 Å². The molecule has 0 amide bonds. The van der Waals surface area contributed by atoms with Gasteiger partial charge in [-0.25, -0.2) is 4.98 Å². The molecule has 2 heterocycles. The molecule has 2 nitrogen and oxygen atoms in total. The molecule has 0 spiro atoms. The van der Waals surface area contributed by atoms with Crippen LogP contribution in [0, 0.1) is 13.8 Å². The van der Waals surface area contributed by atoms with Crippen LogP contribution >= 0.6 is 0 Å². The second-order valence-electron chi connectivity index (χ2n) is 5.54. The molecular weight excluding hydrogens is 220 g/mol. The van der Waals surface area contributed by atoms with E-state index in [1.165, 1.54) is 35.4 Å². The van der Waals surface area contributed by atoms with Gasteiger partial charge in [-0.05, 0) is 32.3 Å². The van der Waals surface area contributed by atoms with Gasteiger partial charge in [0.25, 0.3) is 0 Å². The maximum Gasteiger partial charge on any atom is 0.112 e. The van der Waals surface area contributed by atoms with Gasteiger partial charge in [0, 0.05) is 24.2 Å². The quantitative estimate of drug-likeness (QED) is 0.735. The van der Waals surface area contributed by atoms with Crippen LogP contribution in [-0.2, 0) is 6.54 Å². The van der Waals surface area contributed by atoms with E-state index in [2.05, 4.69) is 49.7 Å². The van der Waals surface area contributed by atoms with E-state index in [1.54, 1.807) is 0 Å². The third kappa shape index (κ3) is 1.86. The lowest BCUT2D eigenvalue weighted by atomic mass is 10.0. The highest BCUT2D eigenvalue weighted by molar-refractivity contribution is 5.63. The van der Waals surface area contributed by atoms with Gasteiger partial charge in [0.15, 0.2) is 0 Å². The third-order valence-electron chi connectivity index (χ3n) is 3.94. The average Bonchev–Trinajstić information content (AvgIpc) is 2.74. The Bertz CT molecular complexity index is 581. The molecule has 0 radical (unpaired) electrons. The van der Waals surface area contributed by atoms with E-state index in [1.807, 2.05) is 0 Å². The Kier molecular flexibility index (Phi) is 2.73. The Hall–Kier alpha value is -1.57. The molecule has 2 aromatic rings. The number of fused-ring (bicyclic) bond motifs is 1. The number of hydrogen-bond donors (Lipinski definition) is 0. The van der Waals surface area contributed by atoms with E-state index in [0.717, 1.165) is 12.2 Å². The molecule has 0 aliphatic carbocycles. The van der Waals surface area contributed by atoms with Crippen molar-refractivity contribution in [2.75, 3.05) is 0 Å². The summed E-state index contributed by atoms with van der Waals surface area (Å²) < 4.78 is 2.34. The fraction of sp³-hybridized carbons (Fsp3) is 0.438. The summed E-state index contributed by atoms with van der Waals surface area (Å²) in [7, 11) is 0. The van der Waals surface area contributed by atoms with Gasteiger partial charge in [-0.2, -0.15) is 0 Å². The van der Waals surface area contributed by atoms with Crippen molar-refractivity contribution in [1.29, 1.82) is 0 Å². The molecule has 0 bridgehead atoms. The monoisotopic (exact) mass is 240 g/mol. The molecule has 18 heavy (non-hydrogen) atoms. The highest BCUT2D eigenvalue weighted by Crippen LogP contribution is 2.30. The van der Waals surface area contributed by atoms with Gasteiger partial charge in [-0.15, -0.1) is 0 Å². The van der Waals surface area contributed by atoms with E-state index in [9.17, 15) is 0 Å². The van der Waals surface area contributed by atoms with Crippen molar-refractivity contribution in [2.24, 2.45) is 0 Å². The predicted octanol–water partition coefficient (Wildman–Crippen LogP) is 4.06. The summed E-state index contributed by atoms with van der Waals surface area (Å²) in [5.41, 5.74) is 5.04. The van der Waals surface area contributed by atoms with Crippen LogP contribution < -0.4 is 0 Å². The Labute approximate surface area is 109 Å². The van der Waals surface area contributed by atoms with Gasteiger partial charge >= 0.3 is 0 Å². The number of aromatic nitrogens is 2. The van der Waals surface area contributed by atoms with Crippen LogP contribution in [-0.4, -0.2) is 9.55 Å². The van der Waals surface area contributed by atoms with Crippen LogP contribution in [0.15, 0.2) is 24.4 Å². The standard InChI is InChI=1S/C16H20N2/c1-11-6-7-14(13(3)9-11)15-10-18-8-4-5-12(2)16(18)17-15/h6-7,9-10,12H,4-5,8H2,1-3H3. The largest absolute Gasteiger partial charge is 0.334 e. The van der Waals surface area contributed by atoms with Crippen LogP contribution in [0.5, 0.6) is 0 Å². The van der Waals surface area contributed by atoms with Gasteiger partial charge in [0.05, 0.1) is 5.69 Å². The van der Waals surface area contributed by atoms with Crippen LogP contribution in [0.2, 0.25) is 0 Å². The number of imidazole rings is 1. The van der Waals surface area contributed by atoms with Crippen LogP contribution in [0.3, 0.4) is 0 Å². The lowest BCUT2D eigenvalue weighted by Crippen LogP contribution is -2.12. The average molecular weight is 240 g/mol. The van der Waals surface area contributed by atoms with E-state index < -0.39 is 0 Å². The van der Waals surface area contributed by atoms with E-state index in [4.69, 9.17) is 4.98 Å². The van der Waals surface area contributed by atoms with Crippen molar-refractivity contribution in [1.82, 2.24) is 9.55 Å². The summed E-state index contributed by atoms with van der Waals surface area (Å²) in [5, 5.41) is 0. The number of aryl methyl sites for hydroxylation is 3. The first kappa shape index (κ1) is 11.5. The first-order valence-electron chi connectivity index (χ1n) is 6.80. The summed E-state index contributed by atoms with van der Waals surface area (Å²) in [5.74, 6) is 1.86. The Morgan fingerprint density at radius 2 is 2.11 bits per heavy atom. The number of benzene rings is 1. The van der Waals surface area contributed by atoms with Gasteiger partial charge in [-0.3, -0.25) is 0 Å². The zero-order valence-corrected chi connectivity index (χ0v) is 11.4. The zero-order valence-electron chi connectivity index (χ0n) is 11.4. The number of nitrogens with zero attached hydrogens (tertiary/aromatic N) is 2. The molecule has 1 atom stereocenters. The first-order valence-corrected chi connectivity index (χ1v) is 6.80. The minimum absolute atomic E-state index is 0.596. The van der Waals surface area contributed by atoms with Crippen LogP contribution in [0.1, 0.15) is 42.6 Å². The molecule has 1 aliphatic rings. The fourth-order valence-electron chi connectivity index (χ4n) is 2.93. The molecule has 1 unspecified atom stereocenters. The Morgan fingerprint density at radius 3 is 2.83 bits per heavy atom. The third-order valence-corrected chi connectivity index (χ3v) is 3.94. The molecule has 0 saturated carbocycles. The summed E-state index contributed by atoms with van der Waals surface area (Å²) >= 11 is 0. The van der Waals surface area contributed by atoms with Gasteiger partial charge in [0.1, 0.15) is 5.82 Å². The lowest BCUT2D eigenvalue weighted by molar-refractivity contribution is 0.463. The molecule has 0 N–H and O–H groups in total.